The van der Waals surface area contributed by atoms with Crippen LogP contribution in [0.15, 0.2) is 42.6 Å². The first-order valence-electron chi connectivity index (χ1n) is 11.6. The van der Waals surface area contributed by atoms with Crippen molar-refractivity contribution in [3.05, 3.63) is 53.7 Å². The summed E-state index contributed by atoms with van der Waals surface area (Å²) in [6, 6.07) is 12.2. The Morgan fingerprint density at radius 1 is 1.09 bits per heavy atom. The van der Waals surface area contributed by atoms with Crippen molar-refractivity contribution in [3.63, 3.8) is 0 Å². The van der Waals surface area contributed by atoms with Crippen LogP contribution in [0.4, 0.5) is 5.69 Å². The molecule has 8 heteroatoms. The van der Waals surface area contributed by atoms with Crippen molar-refractivity contribution < 1.29 is 24.1 Å². The SMILES string of the molecule is COc1ccc(C2=CN3C(=O)c4cc(OC)c(O)cc4N(COCC[Si](C)(C)C)C[C@@H]3C2)cc1. The number of phenols is 1. The second-order valence-corrected chi connectivity index (χ2v) is 15.7. The number of benzene rings is 2. The van der Waals surface area contributed by atoms with Crippen molar-refractivity contribution in [1.29, 1.82) is 0 Å². The lowest BCUT2D eigenvalue weighted by Gasteiger charge is -2.28. The van der Waals surface area contributed by atoms with Gasteiger partial charge in [-0.15, -0.1) is 0 Å². The molecule has 0 saturated heterocycles. The zero-order valence-corrected chi connectivity index (χ0v) is 21.6. The van der Waals surface area contributed by atoms with Gasteiger partial charge < -0.3 is 29.1 Å². The Balaban J connectivity index is 1.63. The number of amides is 1. The average molecular weight is 483 g/mol. The number of carbonyl (C=O) groups excluding carboxylic acids is 1. The van der Waals surface area contributed by atoms with E-state index in [2.05, 4.69) is 24.5 Å². The smallest absolute Gasteiger partial charge is 0.260 e. The molecule has 34 heavy (non-hydrogen) atoms. The first-order valence-corrected chi connectivity index (χ1v) is 15.3. The molecule has 2 aliphatic heterocycles. The fourth-order valence-corrected chi connectivity index (χ4v) is 5.13. The molecule has 0 radical (unpaired) electrons. The van der Waals surface area contributed by atoms with Crippen LogP contribution >= 0.6 is 0 Å². The average Bonchev–Trinajstić information content (AvgIpc) is 3.19. The molecule has 1 N–H and O–H groups in total. The van der Waals surface area contributed by atoms with E-state index in [1.807, 2.05) is 35.4 Å². The first kappa shape index (κ1) is 24.2. The predicted octanol–water partition coefficient (Wildman–Crippen LogP) is 4.80. The molecule has 0 saturated carbocycles. The Morgan fingerprint density at radius 2 is 1.82 bits per heavy atom. The van der Waals surface area contributed by atoms with E-state index in [1.54, 1.807) is 19.2 Å². The van der Waals surface area contributed by atoms with Crippen molar-refractivity contribution in [2.45, 2.75) is 38.1 Å². The minimum absolute atomic E-state index is 0.0117. The Labute approximate surface area is 202 Å². The number of phenolic OH excluding ortho intramolecular Hbond substituents is 1. The molecular weight excluding hydrogens is 448 g/mol. The maximum atomic E-state index is 13.6. The molecule has 0 spiro atoms. The summed E-state index contributed by atoms with van der Waals surface area (Å²) in [5.41, 5.74) is 3.35. The maximum Gasteiger partial charge on any atom is 0.260 e. The molecule has 182 valence electrons. The molecule has 2 heterocycles. The highest BCUT2D eigenvalue weighted by Gasteiger charge is 2.37. The van der Waals surface area contributed by atoms with Gasteiger partial charge in [0.05, 0.1) is 31.5 Å². The number of methoxy groups -OCH3 is 2. The number of aromatic hydroxyl groups is 1. The largest absolute Gasteiger partial charge is 0.504 e. The zero-order chi connectivity index (χ0) is 24.5. The minimum atomic E-state index is -1.21. The molecule has 7 nitrogen and oxygen atoms in total. The molecule has 0 unspecified atom stereocenters. The van der Waals surface area contributed by atoms with Crippen LogP contribution in [0.5, 0.6) is 17.2 Å². The number of rotatable bonds is 8. The minimum Gasteiger partial charge on any atom is -0.504 e. The van der Waals surface area contributed by atoms with Crippen LogP contribution in [0.1, 0.15) is 22.3 Å². The molecule has 2 aromatic carbocycles. The van der Waals surface area contributed by atoms with Gasteiger partial charge in [-0.2, -0.15) is 0 Å². The van der Waals surface area contributed by atoms with E-state index in [1.165, 1.54) is 7.11 Å². The van der Waals surface area contributed by atoms with Gasteiger partial charge in [-0.3, -0.25) is 4.79 Å². The van der Waals surface area contributed by atoms with E-state index in [9.17, 15) is 9.90 Å². The second kappa shape index (κ2) is 9.72. The molecule has 0 aliphatic carbocycles. The van der Waals surface area contributed by atoms with Gasteiger partial charge in [-0.05, 0) is 41.8 Å². The molecule has 1 amide bonds. The van der Waals surface area contributed by atoms with Gasteiger partial charge in [-0.1, -0.05) is 31.8 Å². The standard InChI is InChI=1S/C26H34N2O5Si/c1-31-21-8-6-18(7-9-21)19-12-20-16-27(17-33-10-11-34(3,4)5)23-14-24(29)25(32-2)13-22(23)26(30)28(20)15-19/h6-9,13-15,20,29H,10-12,16-17H2,1-5H3/t20-/m0/s1. The lowest BCUT2D eigenvalue weighted by Crippen LogP contribution is -2.39. The summed E-state index contributed by atoms with van der Waals surface area (Å²) in [6.07, 6.45) is 2.69. The van der Waals surface area contributed by atoms with Crippen LogP contribution in [-0.4, -0.2) is 64.1 Å². The van der Waals surface area contributed by atoms with E-state index >= 15 is 0 Å². The number of nitrogens with zero attached hydrogens (tertiary/aromatic N) is 2. The van der Waals surface area contributed by atoms with Crippen LogP contribution in [0.3, 0.4) is 0 Å². The third-order valence-electron chi connectivity index (χ3n) is 6.38. The van der Waals surface area contributed by atoms with E-state index in [0.717, 1.165) is 29.4 Å². The third-order valence-corrected chi connectivity index (χ3v) is 8.09. The fraction of sp³-hybridized carbons (Fsp3) is 0.423. The monoisotopic (exact) mass is 482 g/mol. The molecule has 0 aromatic heterocycles. The van der Waals surface area contributed by atoms with Gasteiger partial charge in [0.25, 0.3) is 5.91 Å². The van der Waals surface area contributed by atoms with Crippen LogP contribution in [0, 0.1) is 0 Å². The lowest BCUT2D eigenvalue weighted by molar-refractivity contribution is 0.0791. The van der Waals surface area contributed by atoms with Crippen LogP contribution in [0.2, 0.25) is 25.7 Å². The highest BCUT2D eigenvalue weighted by atomic mass is 28.3. The van der Waals surface area contributed by atoms with Crippen LogP contribution in [-0.2, 0) is 4.74 Å². The summed E-state index contributed by atoms with van der Waals surface area (Å²) < 4.78 is 16.6. The highest BCUT2D eigenvalue weighted by molar-refractivity contribution is 6.76. The topological polar surface area (TPSA) is 71.5 Å². The summed E-state index contributed by atoms with van der Waals surface area (Å²) in [5.74, 6) is 0.989. The normalized spacial score (nSPS) is 17.7. The quantitative estimate of drug-likeness (QED) is 0.431. The van der Waals surface area contributed by atoms with Crippen molar-refractivity contribution in [3.8, 4) is 17.2 Å². The Hall–Kier alpha value is -2.97. The summed E-state index contributed by atoms with van der Waals surface area (Å²) >= 11 is 0. The molecule has 4 rings (SSSR count). The number of ether oxygens (including phenoxy) is 3. The summed E-state index contributed by atoms with van der Waals surface area (Å²) in [6.45, 7) is 8.61. The summed E-state index contributed by atoms with van der Waals surface area (Å²) in [4.78, 5) is 17.5. The number of carbonyl (C=O) groups is 1. The summed E-state index contributed by atoms with van der Waals surface area (Å²) in [5, 5.41) is 10.4. The third kappa shape index (κ3) is 5.08. The summed E-state index contributed by atoms with van der Waals surface area (Å²) in [7, 11) is 1.92. The lowest BCUT2D eigenvalue weighted by atomic mass is 10.0. The highest BCUT2D eigenvalue weighted by Crippen LogP contribution is 2.40. The first-order chi connectivity index (χ1) is 16.2. The number of fused-ring (bicyclic) bond motifs is 2. The Bertz CT molecular complexity index is 1080. The Morgan fingerprint density at radius 3 is 2.47 bits per heavy atom. The van der Waals surface area contributed by atoms with E-state index < -0.39 is 8.07 Å². The van der Waals surface area contributed by atoms with Gasteiger partial charge in [0.2, 0.25) is 0 Å². The van der Waals surface area contributed by atoms with Gasteiger partial charge >= 0.3 is 0 Å². The van der Waals surface area contributed by atoms with Gasteiger partial charge in [0.15, 0.2) is 11.5 Å². The molecule has 2 aromatic rings. The van der Waals surface area contributed by atoms with Crippen molar-refractivity contribution >= 4 is 25.2 Å². The fourth-order valence-electron chi connectivity index (χ4n) is 4.37. The molecule has 2 aliphatic rings. The number of hydrogen-bond donors (Lipinski definition) is 1. The van der Waals surface area contributed by atoms with E-state index in [-0.39, 0.29) is 23.4 Å². The van der Waals surface area contributed by atoms with Crippen LogP contribution < -0.4 is 14.4 Å². The zero-order valence-electron chi connectivity index (χ0n) is 20.6. The van der Waals surface area contributed by atoms with Crippen molar-refractivity contribution in [1.82, 2.24) is 4.90 Å². The number of anilines is 1. The van der Waals surface area contributed by atoms with Crippen LogP contribution in [0.25, 0.3) is 5.57 Å². The molecule has 1 atom stereocenters. The molecule has 0 bridgehead atoms. The maximum absolute atomic E-state index is 13.6. The van der Waals surface area contributed by atoms with Crippen molar-refractivity contribution in [2.75, 3.05) is 39.0 Å². The number of hydrogen-bond acceptors (Lipinski definition) is 6. The van der Waals surface area contributed by atoms with Gasteiger partial charge in [0, 0.05) is 33.5 Å². The van der Waals surface area contributed by atoms with Gasteiger partial charge in [0.1, 0.15) is 12.5 Å². The van der Waals surface area contributed by atoms with E-state index in [4.69, 9.17) is 14.2 Å². The predicted molar refractivity (Wildman–Crippen MR) is 137 cm³/mol. The second-order valence-electron chi connectivity index (χ2n) is 10.1. The molecule has 0 fully saturated rings. The molecular formula is C26H34N2O5Si. The Kier molecular flexibility index (Phi) is 6.90. The van der Waals surface area contributed by atoms with E-state index in [0.29, 0.717) is 31.1 Å². The van der Waals surface area contributed by atoms with Gasteiger partial charge in [-0.25, -0.2) is 0 Å². The van der Waals surface area contributed by atoms with Crippen molar-refractivity contribution in [2.24, 2.45) is 0 Å².